The van der Waals surface area contributed by atoms with Gasteiger partial charge in [-0.15, -0.1) is 5.10 Å². The number of carbonyl (C=O) groups is 2. The molecule has 43 heavy (non-hydrogen) atoms. The van der Waals surface area contributed by atoms with E-state index >= 15 is 0 Å². The van der Waals surface area contributed by atoms with Crippen molar-refractivity contribution in [1.82, 2.24) is 45.8 Å². The van der Waals surface area contributed by atoms with Crippen molar-refractivity contribution in [3.05, 3.63) is 23.7 Å². The Kier molecular flexibility index (Phi) is 13.4. The highest BCUT2D eigenvalue weighted by molar-refractivity contribution is 5.76. The number of hydrogen-bond donors (Lipinski definition) is 6. The van der Waals surface area contributed by atoms with E-state index < -0.39 is 5.97 Å². The molecular weight excluding hydrogens is 550 g/mol. The van der Waals surface area contributed by atoms with Crippen molar-refractivity contribution in [2.75, 3.05) is 56.9 Å². The van der Waals surface area contributed by atoms with Crippen LogP contribution >= 0.6 is 0 Å². The van der Waals surface area contributed by atoms with Crippen LogP contribution in [-0.2, 0) is 22.7 Å². The number of hydrogen-bond acceptors (Lipinski definition) is 11. The molecular formula is C29H49N11O3. The van der Waals surface area contributed by atoms with Gasteiger partial charge in [-0.25, -0.2) is 4.98 Å². The van der Waals surface area contributed by atoms with E-state index in [-0.39, 0.29) is 24.8 Å². The fraction of sp³-hybridized carbons (Fsp3) is 0.724. The number of nitrogens with one attached hydrogen (secondary N) is 4. The summed E-state index contributed by atoms with van der Waals surface area (Å²) in [4.78, 5) is 33.9. The average Bonchev–Trinajstić information content (AvgIpc) is 3.47. The Hall–Kier alpha value is -3.36. The summed E-state index contributed by atoms with van der Waals surface area (Å²) in [6, 6.07) is 2.54. The molecule has 238 valence electrons. The van der Waals surface area contributed by atoms with Gasteiger partial charge in [-0.3, -0.25) is 14.3 Å². The molecule has 2 fully saturated rings. The van der Waals surface area contributed by atoms with Gasteiger partial charge in [0, 0.05) is 50.6 Å². The third-order valence-electron chi connectivity index (χ3n) is 8.15. The van der Waals surface area contributed by atoms with Crippen LogP contribution in [0.1, 0.15) is 81.5 Å². The summed E-state index contributed by atoms with van der Waals surface area (Å²) in [5.74, 6) is 0.135. The quantitative estimate of drug-likeness (QED) is 0.135. The van der Waals surface area contributed by atoms with Crippen LogP contribution < -0.4 is 27.0 Å². The number of carboxylic acid groups (broad SMARTS) is 1. The average molecular weight is 600 g/mol. The number of aromatic nitrogens is 5. The lowest BCUT2D eigenvalue weighted by Gasteiger charge is -2.32. The van der Waals surface area contributed by atoms with Crippen LogP contribution in [0.5, 0.6) is 0 Å². The second-order valence-corrected chi connectivity index (χ2v) is 11.6. The number of aryl methyl sites for hydroxylation is 1. The minimum absolute atomic E-state index is 0.0304. The molecule has 1 amide bonds. The van der Waals surface area contributed by atoms with E-state index in [2.05, 4.69) is 36.6 Å². The van der Waals surface area contributed by atoms with Gasteiger partial charge in [-0.05, 0) is 58.2 Å². The molecule has 1 aliphatic heterocycles. The monoisotopic (exact) mass is 599 g/mol. The topological polar surface area (TPSA) is 188 Å². The molecule has 0 bridgehead atoms. The molecule has 0 atom stereocenters. The van der Waals surface area contributed by atoms with E-state index in [4.69, 9.17) is 15.8 Å². The third kappa shape index (κ3) is 11.7. The van der Waals surface area contributed by atoms with Crippen LogP contribution in [0.15, 0.2) is 12.3 Å². The fourth-order valence-electron chi connectivity index (χ4n) is 5.76. The van der Waals surface area contributed by atoms with Gasteiger partial charge in [0.05, 0.1) is 25.0 Å². The Bertz CT molecular complexity index is 1130. The van der Waals surface area contributed by atoms with Crippen LogP contribution in [0.25, 0.3) is 0 Å². The number of nitrogens with zero attached hydrogens (tertiary/aromatic N) is 6. The summed E-state index contributed by atoms with van der Waals surface area (Å²) in [5.41, 5.74) is 7.77. The predicted molar refractivity (Wildman–Crippen MR) is 164 cm³/mol. The van der Waals surface area contributed by atoms with Crippen molar-refractivity contribution in [1.29, 1.82) is 0 Å². The molecule has 1 saturated carbocycles. The lowest BCUT2D eigenvalue weighted by molar-refractivity contribution is -0.136. The van der Waals surface area contributed by atoms with Crippen molar-refractivity contribution in [2.45, 2.75) is 89.3 Å². The molecule has 0 radical (unpaired) electrons. The number of carbonyl (C=O) groups excluding carboxylic acids is 1. The largest absolute Gasteiger partial charge is 0.480 e. The predicted octanol–water partition coefficient (Wildman–Crippen LogP) is 1.32. The molecule has 0 aromatic carbocycles. The first-order chi connectivity index (χ1) is 21.0. The molecule has 1 aliphatic carbocycles. The van der Waals surface area contributed by atoms with Gasteiger partial charge < -0.3 is 37.0 Å². The number of likely N-dealkylation sites (tertiary alicyclic amines) is 1. The summed E-state index contributed by atoms with van der Waals surface area (Å²) in [6.45, 7) is 5.79. The fourth-order valence-corrected chi connectivity index (χ4v) is 5.76. The molecule has 14 heteroatoms. The number of aliphatic carboxylic acids is 1. The van der Waals surface area contributed by atoms with Crippen molar-refractivity contribution < 1.29 is 14.7 Å². The standard InChI is InChI=1S/C29H49N11O3/c30-26-18-25(22-9-16-39(17-10-22)27(41)8-14-32-20-28(42)43)35-29(36-26)34-19-24-21-40(38-37-24)15-5-12-31-11-4-13-33-23-6-2-1-3-7-23/h18,21-23,31-33H,1-17,19-20H2,(H,42,43)(H3,30,34,35,36). The first-order valence-electron chi connectivity index (χ1n) is 15.9. The molecule has 3 heterocycles. The van der Waals surface area contributed by atoms with Crippen LogP contribution in [-0.4, -0.2) is 98.7 Å². The summed E-state index contributed by atoms with van der Waals surface area (Å²) < 4.78 is 1.87. The second-order valence-electron chi connectivity index (χ2n) is 11.6. The summed E-state index contributed by atoms with van der Waals surface area (Å²) in [7, 11) is 0. The number of rotatable bonds is 18. The molecule has 2 aliphatic rings. The van der Waals surface area contributed by atoms with Crippen molar-refractivity contribution in [2.24, 2.45) is 0 Å². The Morgan fingerprint density at radius 3 is 2.56 bits per heavy atom. The van der Waals surface area contributed by atoms with E-state index in [0.717, 1.165) is 69.3 Å². The van der Waals surface area contributed by atoms with Gasteiger partial charge in [-0.1, -0.05) is 24.5 Å². The van der Waals surface area contributed by atoms with E-state index in [9.17, 15) is 9.59 Å². The smallest absolute Gasteiger partial charge is 0.317 e. The lowest BCUT2D eigenvalue weighted by Crippen LogP contribution is -2.39. The van der Waals surface area contributed by atoms with Crippen LogP contribution in [0.3, 0.4) is 0 Å². The van der Waals surface area contributed by atoms with Crippen molar-refractivity contribution in [3.8, 4) is 0 Å². The van der Waals surface area contributed by atoms with Gasteiger partial charge in [0.25, 0.3) is 0 Å². The summed E-state index contributed by atoms with van der Waals surface area (Å²) >= 11 is 0. The Balaban J connectivity index is 1.11. The highest BCUT2D eigenvalue weighted by Crippen LogP contribution is 2.28. The van der Waals surface area contributed by atoms with Crippen LogP contribution in [0.2, 0.25) is 0 Å². The number of nitrogens with two attached hydrogens (primary N) is 1. The van der Waals surface area contributed by atoms with Crippen LogP contribution in [0, 0.1) is 0 Å². The third-order valence-corrected chi connectivity index (χ3v) is 8.15. The number of carboxylic acids is 1. The Morgan fingerprint density at radius 2 is 1.77 bits per heavy atom. The van der Waals surface area contributed by atoms with Crippen molar-refractivity contribution in [3.63, 3.8) is 0 Å². The normalized spacial score (nSPS) is 16.4. The van der Waals surface area contributed by atoms with Gasteiger partial charge in [0.2, 0.25) is 11.9 Å². The molecule has 2 aromatic heterocycles. The number of piperidine rings is 1. The first-order valence-corrected chi connectivity index (χ1v) is 15.9. The summed E-state index contributed by atoms with van der Waals surface area (Å²) in [6.07, 6.45) is 12.7. The molecule has 4 rings (SSSR count). The molecule has 7 N–H and O–H groups in total. The summed E-state index contributed by atoms with van der Waals surface area (Å²) in [5, 5.41) is 30.4. The Labute approximate surface area is 254 Å². The number of nitrogen functional groups attached to an aromatic ring is 1. The van der Waals surface area contributed by atoms with E-state index in [1.807, 2.05) is 15.8 Å². The van der Waals surface area contributed by atoms with Gasteiger partial charge in [0.15, 0.2) is 0 Å². The van der Waals surface area contributed by atoms with Crippen molar-refractivity contribution >= 4 is 23.6 Å². The van der Waals surface area contributed by atoms with Gasteiger partial charge >= 0.3 is 5.97 Å². The Morgan fingerprint density at radius 1 is 0.977 bits per heavy atom. The highest BCUT2D eigenvalue weighted by atomic mass is 16.4. The first kappa shape index (κ1) is 32.6. The maximum Gasteiger partial charge on any atom is 0.317 e. The zero-order valence-corrected chi connectivity index (χ0v) is 25.3. The zero-order chi connectivity index (χ0) is 30.3. The van der Waals surface area contributed by atoms with E-state index in [1.54, 1.807) is 6.07 Å². The highest BCUT2D eigenvalue weighted by Gasteiger charge is 2.25. The lowest BCUT2D eigenvalue weighted by atomic mass is 9.93. The zero-order valence-electron chi connectivity index (χ0n) is 25.3. The molecule has 14 nitrogen and oxygen atoms in total. The number of amides is 1. The molecule has 2 aromatic rings. The van der Waals surface area contributed by atoms with Gasteiger partial charge in [0.1, 0.15) is 11.5 Å². The maximum absolute atomic E-state index is 12.4. The van der Waals surface area contributed by atoms with Gasteiger partial charge in [-0.2, -0.15) is 4.98 Å². The maximum atomic E-state index is 12.4. The molecule has 1 saturated heterocycles. The molecule has 0 unspecified atom stereocenters. The minimum Gasteiger partial charge on any atom is -0.480 e. The second kappa shape index (κ2) is 17.7. The van der Waals surface area contributed by atoms with Crippen LogP contribution in [0.4, 0.5) is 11.8 Å². The molecule has 0 spiro atoms. The van der Waals surface area contributed by atoms with E-state index in [1.165, 1.54) is 32.1 Å². The van der Waals surface area contributed by atoms with E-state index in [0.29, 0.717) is 37.9 Å². The number of anilines is 2. The SMILES string of the molecule is Nc1cc(C2CCN(C(=O)CCNCC(=O)O)CC2)nc(NCc2cn(CCCNCCCNC3CCCCC3)nn2)n1. The minimum atomic E-state index is -0.931.